The number of thiazole rings is 1. The van der Waals surface area contributed by atoms with Gasteiger partial charge >= 0.3 is 5.97 Å². The average Bonchev–Trinajstić information content (AvgIpc) is 3.04. The molecule has 1 unspecified atom stereocenters. The zero-order valence-corrected chi connectivity index (χ0v) is 14.1. The molecule has 0 saturated carbocycles. The molecule has 0 aliphatic heterocycles. The van der Waals surface area contributed by atoms with Gasteiger partial charge < -0.3 is 14.8 Å². The molecule has 0 aliphatic carbocycles. The Bertz CT molecular complexity index is 865. The van der Waals surface area contributed by atoms with Crippen LogP contribution in [0.1, 0.15) is 43.9 Å². The number of carboxylic acid groups (broad SMARTS) is 1. The van der Waals surface area contributed by atoms with E-state index in [1.165, 1.54) is 12.1 Å². The Morgan fingerprint density at radius 1 is 1.39 bits per heavy atom. The van der Waals surface area contributed by atoms with Crippen LogP contribution >= 0.6 is 11.3 Å². The lowest BCUT2D eigenvalue weighted by atomic mass is 10.3. The molecule has 8 nitrogen and oxygen atoms in total. The number of rotatable bonds is 5. The highest BCUT2D eigenvalue weighted by atomic mass is 32.2. The Hall–Kier alpha value is -2.20. The van der Waals surface area contributed by atoms with E-state index in [4.69, 9.17) is 9.52 Å². The first-order chi connectivity index (χ1) is 10.6. The smallest absolute Gasteiger partial charge is 0.347 e. The van der Waals surface area contributed by atoms with Gasteiger partial charge in [-0.3, -0.25) is 4.79 Å². The maximum Gasteiger partial charge on any atom is 0.347 e. The Morgan fingerprint density at radius 3 is 2.52 bits per heavy atom. The highest BCUT2D eigenvalue weighted by Gasteiger charge is 2.22. The summed E-state index contributed by atoms with van der Waals surface area (Å²) in [7, 11) is -3.53. The van der Waals surface area contributed by atoms with Crippen molar-refractivity contribution in [3.63, 3.8) is 0 Å². The maximum atomic E-state index is 12.1. The SMILES string of the molecule is Cc1nc(C(C)NC(=O)c2ccc(S(C)(=O)=O)o2)sc1C(=O)O. The molecular weight excluding hydrogens is 344 g/mol. The van der Waals surface area contributed by atoms with E-state index in [1.807, 2.05) is 0 Å². The molecule has 0 saturated heterocycles. The third-order valence-corrected chi connectivity index (χ3v) is 5.17. The minimum atomic E-state index is -3.53. The lowest BCUT2D eigenvalue weighted by Gasteiger charge is -2.09. The van der Waals surface area contributed by atoms with Gasteiger partial charge in [-0.15, -0.1) is 11.3 Å². The highest BCUT2D eigenvalue weighted by molar-refractivity contribution is 7.90. The van der Waals surface area contributed by atoms with E-state index in [0.717, 1.165) is 17.6 Å². The largest absolute Gasteiger partial charge is 0.477 e. The molecule has 0 aromatic carbocycles. The second-order valence-electron chi connectivity index (χ2n) is 4.86. The van der Waals surface area contributed by atoms with Crippen molar-refractivity contribution in [3.8, 4) is 0 Å². The van der Waals surface area contributed by atoms with Gasteiger partial charge in [-0.2, -0.15) is 0 Å². The number of hydrogen-bond acceptors (Lipinski definition) is 7. The van der Waals surface area contributed by atoms with Gasteiger partial charge in [-0.1, -0.05) is 0 Å². The number of nitrogens with zero attached hydrogens (tertiary/aromatic N) is 1. The normalized spacial score (nSPS) is 12.8. The number of aromatic carboxylic acids is 1. The van der Waals surface area contributed by atoms with Crippen LogP contribution in [0.25, 0.3) is 0 Å². The molecule has 2 rings (SSSR count). The topological polar surface area (TPSA) is 127 Å². The van der Waals surface area contributed by atoms with Crippen molar-refractivity contribution in [2.24, 2.45) is 0 Å². The monoisotopic (exact) mass is 358 g/mol. The van der Waals surface area contributed by atoms with Gasteiger partial charge in [0.2, 0.25) is 14.9 Å². The number of furan rings is 1. The van der Waals surface area contributed by atoms with Gasteiger partial charge in [0.05, 0.1) is 11.7 Å². The molecule has 23 heavy (non-hydrogen) atoms. The third-order valence-electron chi connectivity index (χ3n) is 2.90. The van der Waals surface area contributed by atoms with E-state index in [0.29, 0.717) is 10.7 Å². The summed E-state index contributed by atoms with van der Waals surface area (Å²) in [6.07, 6.45) is 0.974. The molecule has 2 N–H and O–H groups in total. The van der Waals surface area contributed by atoms with Crippen molar-refractivity contribution in [2.45, 2.75) is 25.0 Å². The van der Waals surface area contributed by atoms with Gasteiger partial charge in [0, 0.05) is 6.26 Å². The number of nitrogens with one attached hydrogen (secondary N) is 1. The molecular formula is C13H14N2O6S2. The summed E-state index contributed by atoms with van der Waals surface area (Å²) in [4.78, 5) is 27.3. The van der Waals surface area contributed by atoms with E-state index < -0.39 is 27.8 Å². The predicted octanol–water partition coefficient (Wildman–Crippen LogP) is 1.64. The van der Waals surface area contributed by atoms with Crippen molar-refractivity contribution in [1.82, 2.24) is 10.3 Å². The summed E-state index contributed by atoms with van der Waals surface area (Å²) in [6, 6.07) is 1.91. The van der Waals surface area contributed by atoms with Crippen LogP contribution in [0.4, 0.5) is 0 Å². The first kappa shape index (κ1) is 17.2. The van der Waals surface area contributed by atoms with Crippen molar-refractivity contribution in [1.29, 1.82) is 0 Å². The van der Waals surface area contributed by atoms with Gasteiger partial charge in [0.25, 0.3) is 5.91 Å². The van der Waals surface area contributed by atoms with Crippen molar-refractivity contribution >= 4 is 33.1 Å². The molecule has 0 fully saturated rings. The van der Waals surface area contributed by atoms with E-state index in [-0.39, 0.29) is 15.7 Å². The van der Waals surface area contributed by atoms with Crippen LogP contribution in [-0.2, 0) is 9.84 Å². The number of amides is 1. The summed E-state index contributed by atoms with van der Waals surface area (Å²) in [5, 5.41) is 11.7. The molecule has 124 valence electrons. The lowest BCUT2D eigenvalue weighted by Crippen LogP contribution is -2.26. The summed E-state index contributed by atoms with van der Waals surface area (Å²) in [5.41, 5.74) is 0.371. The molecule has 0 bridgehead atoms. The van der Waals surface area contributed by atoms with Gasteiger partial charge in [0.1, 0.15) is 9.88 Å². The van der Waals surface area contributed by atoms with Crippen molar-refractivity contribution in [2.75, 3.05) is 6.26 Å². The summed E-state index contributed by atoms with van der Waals surface area (Å²) < 4.78 is 27.7. The van der Waals surface area contributed by atoms with Crippen LogP contribution < -0.4 is 5.32 Å². The van der Waals surface area contributed by atoms with Crippen LogP contribution in [0.3, 0.4) is 0 Å². The molecule has 0 aliphatic rings. The summed E-state index contributed by atoms with van der Waals surface area (Å²) in [6.45, 7) is 3.21. The van der Waals surface area contributed by atoms with E-state index in [9.17, 15) is 18.0 Å². The lowest BCUT2D eigenvalue weighted by molar-refractivity contribution is 0.0700. The fourth-order valence-corrected chi connectivity index (χ4v) is 3.24. The maximum absolute atomic E-state index is 12.1. The van der Waals surface area contributed by atoms with E-state index >= 15 is 0 Å². The standard InChI is InChI=1S/C13H14N2O6S2/c1-6-10(13(17)18)22-12(15-6)7(2)14-11(16)8-4-5-9(21-8)23(3,19)20/h4-5,7H,1-3H3,(H,14,16)(H,17,18). The number of aryl methyl sites for hydroxylation is 1. The summed E-state index contributed by atoms with van der Waals surface area (Å²) in [5.74, 6) is -1.84. The number of carboxylic acids is 1. The fraction of sp³-hybridized carbons (Fsp3) is 0.308. The molecule has 10 heteroatoms. The average molecular weight is 358 g/mol. The summed E-state index contributed by atoms with van der Waals surface area (Å²) >= 11 is 0.970. The molecule has 2 heterocycles. The molecule has 1 amide bonds. The molecule has 1 atom stereocenters. The first-order valence-corrected chi connectivity index (χ1v) is 9.11. The number of carbonyl (C=O) groups is 2. The minimum absolute atomic E-state index is 0.110. The zero-order chi connectivity index (χ0) is 17.4. The van der Waals surface area contributed by atoms with Gasteiger partial charge in [-0.25, -0.2) is 18.2 Å². The van der Waals surface area contributed by atoms with Gasteiger partial charge in [0.15, 0.2) is 5.76 Å². The fourth-order valence-electron chi connectivity index (χ4n) is 1.77. The number of aromatic nitrogens is 1. The van der Waals surface area contributed by atoms with Crippen LogP contribution in [0.5, 0.6) is 0 Å². The van der Waals surface area contributed by atoms with E-state index in [2.05, 4.69) is 10.3 Å². The Morgan fingerprint density at radius 2 is 2.04 bits per heavy atom. The second-order valence-corrected chi connectivity index (χ2v) is 7.84. The van der Waals surface area contributed by atoms with Crippen molar-refractivity contribution in [3.05, 3.63) is 33.5 Å². The Labute approximate surface area is 136 Å². The van der Waals surface area contributed by atoms with Crippen LogP contribution in [-0.4, -0.2) is 36.6 Å². The zero-order valence-electron chi connectivity index (χ0n) is 12.5. The quantitative estimate of drug-likeness (QED) is 0.831. The van der Waals surface area contributed by atoms with Crippen molar-refractivity contribution < 1.29 is 27.5 Å². The Balaban J connectivity index is 2.15. The molecule has 2 aromatic rings. The van der Waals surface area contributed by atoms with E-state index in [1.54, 1.807) is 13.8 Å². The molecule has 2 aromatic heterocycles. The third kappa shape index (κ3) is 3.77. The molecule has 0 radical (unpaired) electrons. The second kappa shape index (κ2) is 6.13. The predicted molar refractivity (Wildman–Crippen MR) is 81.5 cm³/mol. The number of hydrogen-bond donors (Lipinski definition) is 2. The molecule has 0 spiro atoms. The highest BCUT2D eigenvalue weighted by Crippen LogP contribution is 2.24. The van der Waals surface area contributed by atoms with Crippen LogP contribution in [0, 0.1) is 6.92 Å². The first-order valence-electron chi connectivity index (χ1n) is 6.41. The number of carbonyl (C=O) groups excluding carboxylic acids is 1. The number of sulfone groups is 1. The van der Waals surface area contributed by atoms with Crippen LogP contribution in [0.2, 0.25) is 0 Å². The minimum Gasteiger partial charge on any atom is -0.477 e. The van der Waals surface area contributed by atoms with Crippen LogP contribution in [0.15, 0.2) is 21.6 Å². The van der Waals surface area contributed by atoms with Gasteiger partial charge in [-0.05, 0) is 26.0 Å². The Kier molecular flexibility index (Phi) is 4.57.